The molecule has 1 N–H and O–H groups in total. The lowest BCUT2D eigenvalue weighted by Crippen LogP contribution is -2.04. The SMILES string of the molecule is COc1cc(F)c2c(n1)NC(=O)C2. The van der Waals surface area contributed by atoms with Gasteiger partial charge in [-0.25, -0.2) is 4.39 Å². The van der Waals surface area contributed by atoms with Crippen molar-refractivity contribution in [1.29, 1.82) is 0 Å². The third-order valence-corrected chi connectivity index (χ3v) is 1.85. The van der Waals surface area contributed by atoms with Crippen LogP contribution in [0.4, 0.5) is 10.2 Å². The standard InChI is InChI=1S/C8H7FN2O2/c1-13-7-3-5(9)4-2-6(12)10-8(4)11-7/h3H,2H2,1H3,(H,10,11,12). The first-order chi connectivity index (χ1) is 6.20. The molecule has 0 spiro atoms. The second-order valence-corrected chi connectivity index (χ2v) is 2.70. The number of halogens is 1. The molecule has 5 heteroatoms. The van der Waals surface area contributed by atoms with E-state index in [1.807, 2.05) is 0 Å². The first-order valence-corrected chi connectivity index (χ1v) is 3.74. The molecule has 0 unspecified atom stereocenters. The summed E-state index contributed by atoms with van der Waals surface area (Å²) in [6.45, 7) is 0. The molecule has 1 aliphatic heterocycles. The molecule has 0 bridgehead atoms. The molecule has 1 aromatic heterocycles. The number of aromatic nitrogens is 1. The predicted octanol–water partition coefficient (Wildman–Crippen LogP) is 0.724. The number of amides is 1. The van der Waals surface area contributed by atoms with E-state index in [0.717, 1.165) is 0 Å². The summed E-state index contributed by atoms with van der Waals surface area (Å²) in [5.41, 5.74) is 0.311. The van der Waals surface area contributed by atoms with Crippen LogP contribution in [0.5, 0.6) is 5.88 Å². The lowest BCUT2D eigenvalue weighted by atomic mass is 10.2. The fraction of sp³-hybridized carbons (Fsp3) is 0.250. The van der Waals surface area contributed by atoms with Gasteiger partial charge in [0.15, 0.2) is 0 Å². The van der Waals surface area contributed by atoms with Gasteiger partial charge in [-0.15, -0.1) is 0 Å². The monoisotopic (exact) mass is 182 g/mol. The number of carbonyl (C=O) groups excluding carboxylic acids is 1. The summed E-state index contributed by atoms with van der Waals surface area (Å²) in [5, 5.41) is 2.44. The van der Waals surface area contributed by atoms with Crippen molar-refractivity contribution >= 4 is 11.7 Å². The summed E-state index contributed by atoms with van der Waals surface area (Å²) in [5.74, 6) is -0.268. The molecular formula is C8H7FN2O2. The molecule has 1 amide bonds. The van der Waals surface area contributed by atoms with Crippen LogP contribution in [0.3, 0.4) is 0 Å². The minimum absolute atomic E-state index is 0.0537. The molecule has 0 aliphatic carbocycles. The van der Waals surface area contributed by atoms with Gasteiger partial charge in [0.1, 0.15) is 11.6 Å². The average Bonchev–Trinajstić information content (AvgIpc) is 2.46. The van der Waals surface area contributed by atoms with Crippen LogP contribution in [-0.2, 0) is 11.2 Å². The zero-order valence-electron chi connectivity index (χ0n) is 6.93. The van der Waals surface area contributed by atoms with Gasteiger partial charge in [0, 0.05) is 11.6 Å². The van der Waals surface area contributed by atoms with Crippen molar-refractivity contribution in [1.82, 2.24) is 4.98 Å². The number of methoxy groups -OCH3 is 1. The maximum absolute atomic E-state index is 13.2. The van der Waals surface area contributed by atoms with E-state index in [0.29, 0.717) is 5.56 Å². The fourth-order valence-electron chi connectivity index (χ4n) is 1.23. The van der Waals surface area contributed by atoms with Crippen LogP contribution in [0.25, 0.3) is 0 Å². The largest absolute Gasteiger partial charge is 0.481 e. The zero-order chi connectivity index (χ0) is 9.42. The number of ether oxygens (including phenoxy) is 1. The Balaban J connectivity index is 2.52. The Morgan fingerprint density at radius 3 is 3.15 bits per heavy atom. The molecule has 0 fully saturated rings. The smallest absolute Gasteiger partial charge is 0.230 e. The second-order valence-electron chi connectivity index (χ2n) is 2.70. The van der Waals surface area contributed by atoms with Gasteiger partial charge in [-0.1, -0.05) is 0 Å². The Morgan fingerprint density at radius 2 is 2.46 bits per heavy atom. The highest BCUT2D eigenvalue weighted by Gasteiger charge is 2.23. The molecule has 68 valence electrons. The third kappa shape index (κ3) is 1.22. The molecule has 1 aliphatic rings. The number of fused-ring (bicyclic) bond motifs is 1. The van der Waals surface area contributed by atoms with Gasteiger partial charge in [0.2, 0.25) is 11.8 Å². The Hall–Kier alpha value is -1.65. The van der Waals surface area contributed by atoms with Crippen LogP contribution in [0, 0.1) is 5.82 Å². The second kappa shape index (κ2) is 2.69. The molecule has 0 saturated heterocycles. The lowest BCUT2D eigenvalue weighted by Gasteiger charge is -2.02. The van der Waals surface area contributed by atoms with Crippen LogP contribution in [0.2, 0.25) is 0 Å². The molecule has 2 heterocycles. The number of anilines is 1. The van der Waals surface area contributed by atoms with Gasteiger partial charge in [-0.3, -0.25) is 4.79 Å². The lowest BCUT2D eigenvalue weighted by molar-refractivity contribution is -0.115. The van der Waals surface area contributed by atoms with Crippen molar-refractivity contribution in [2.75, 3.05) is 12.4 Å². The van der Waals surface area contributed by atoms with Gasteiger partial charge >= 0.3 is 0 Å². The van der Waals surface area contributed by atoms with Crippen molar-refractivity contribution in [2.24, 2.45) is 0 Å². The van der Waals surface area contributed by atoms with Crippen LogP contribution < -0.4 is 10.1 Å². The van der Waals surface area contributed by atoms with Crippen LogP contribution >= 0.6 is 0 Å². The molecule has 0 radical (unpaired) electrons. The average molecular weight is 182 g/mol. The normalized spacial score (nSPS) is 13.8. The van der Waals surface area contributed by atoms with Crippen LogP contribution in [-0.4, -0.2) is 18.0 Å². The highest BCUT2D eigenvalue weighted by atomic mass is 19.1. The maximum Gasteiger partial charge on any atom is 0.230 e. The van der Waals surface area contributed by atoms with Gasteiger partial charge in [-0.2, -0.15) is 4.98 Å². The van der Waals surface area contributed by atoms with Crippen LogP contribution in [0.15, 0.2) is 6.07 Å². The number of nitrogens with zero attached hydrogens (tertiary/aromatic N) is 1. The molecule has 2 rings (SSSR count). The number of carbonyl (C=O) groups is 1. The number of rotatable bonds is 1. The highest BCUT2D eigenvalue weighted by Crippen LogP contribution is 2.26. The summed E-state index contributed by atoms with van der Waals surface area (Å²) in [6, 6.07) is 1.17. The van der Waals surface area contributed by atoms with E-state index < -0.39 is 5.82 Å². The fourth-order valence-corrected chi connectivity index (χ4v) is 1.23. The molecule has 0 aromatic carbocycles. The van der Waals surface area contributed by atoms with E-state index in [4.69, 9.17) is 4.74 Å². The first-order valence-electron chi connectivity index (χ1n) is 3.74. The molecular weight excluding hydrogens is 175 g/mol. The summed E-state index contributed by atoms with van der Waals surface area (Å²) >= 11 is 0. The Kier molecular flexibility index (Phi) is 1.65. The predicted molar refractivity (Wildman–Crippen MR) is 43.1 cm³/mol. The number of hydrogen-bond donors (Lipinski definition) is 1. The summed E-state index contributed by atoms with van der Waals surface area (Å²) in [6.07, 6.45) is 0.0537. The van der Waals surface area contributed by atoms with Crippen molar-refractivity contribution in [3.63, 3.8) is 0 Å². The van der Waals surface area contributed by atoms with E-state index in [9.17, 15) is 9.18 Å². The zero-order valence-corrected chi connectivity index (χ0v) is 6.93. The van der Waals surface area contributed by atoms with Crippen LogP contribution in [0.1, 0.15) is 5.56 Å². The van der Waals surface area contributed by atoms with Gasteiger partial charge in [0.25, 0.3) is 0 Å². The molecule has 0 saturated carbocycles. The Labute approximate surface area is 73.7 Å². The number of pyridine rings is 1. The Morgan fingerprint density at radius 1 is 1.69 bits per heavy atom. The summed E-state index contributed by atoms with van der Waals surface area (Å²) < 4.78 is 18.0. The van der Waals surface area contributed by atoms with Gasteiger partial charge in [0.05, 0.1) is 13.5 Å². The summed E-state index contributed by atoms with van der Waals surface area (Å²) in [4.78, 5) is 14.8. The maximum atomic E-state index is 13.2. The van der Waals surface area contributed by atoms with Crippen molar-refractivity contribution in [3.8, 4) is 5.88 Å². The van der Waals surface area contributed by atoms with E-state index in [2.05, 4.69) is 10.3 Å². The van der Waals surface area contributed by atoms with E-state index >= 15 is 0 Å². The quantitative estimate of drug-likeness (QED) is 0.696. The minimum atomic E-state index is -0.458. The van der Waals surface area contributed by atoms with E-state index in [-0.39, 0.29) is 24.0 Å². The minimum Gasteiger partial charge on any atom is -0.481 e. The molecule has 13 heavy (non-hydrogen) atoms. The molecule has 0 atom stereocenters. The highest BCUT2D eigenvalue weighted by molar-refractivity contribution is 5.98. The van der Waals surface area contributed by atoms with E-state index in [1.165, 1.54) is 13.2 Å². The molecule has 1 aromatic rings. The Bertz CT molecular complexity index is 379. The topological polar surface area (TPSA) is 51.2 Å². The van der Waals surface area contributed by atoms with E-state index in [1.54, 1.807) is 0 Å². The first kappa shape index (κ1) is 7.97. The summed E-state index contributed by atoms with van der Waals surface area (Å²) in [7, 11) is 1.39. The van der Waals surface area contributed by atoms with Gasteiger partial charge < -0.3 is 10.1 Å². The van der Waals surface area contributed by atoms with Crippen molar-refractivity contribution < 1.29 is 13.9 Å². The van der Waals surface area contributed by atoms with Gasteiger partial charge in [-0.05, 0) is 0 Å². The third-order valence-electron chi connectivity index (χ3n) is 1.85. The van der Waals surface area contributed by atoms with Crippen molar-refractivity contribution in [3.05, 3.63) is 17.4 Å². The number of nitrogens with one attached hydrogen (secondary N) is 1. The molecule has 4 nitrogen and oxygen atoms in total. The number of hydrogen-bond acceptors (Lipinski definition) is 3. The van der Waals surface area contributed by atoms with Crippen molar-refractivity contribution in [2.45, 2.75) is 6.42 Å².